The Labute approximate surface area is 125 Å². The number of ether oxygens (including phenoxy) is 1. The van der Waals surface area contributed by atoms with Gasteiger partial charge in [0.05, 0.1) is 0 Å². The van der Waals surface area contributed by atoms with Gasteiger partial charge in [-0.05, 0) is 37.8 Å². The molecule has 1 saturated carbocycles. The number of aliphatic hydroxyl groups is 2. The number of aliphatic hydroxyl groups excluding tert-OH is 1. The van der Waals surface area contributed by atoms with Crippen molar-refractivity contribution in [2.75, 3.05) is 6.61 Å². The molecule has 0 bridgehead atoms. The zero-order chi connectivity index (χ0) is 15.5. The first-order chi connectivity index (χ1) is 9.93. The van der Waals surface area contributed by atoms with Gasteiger partial charge in [0.2, 0.25) is 0 Å². The molecule has 0 radical (unpaired) electrons. The molecule has 21 heavy (non-hydrogen) atoms. The first-order valence-corrected chi connectivity index (χ1v) is 7.28. The van der Waals surface area contributed by atoms with Crippen molar-refractivity contribution in [2.24, 2.45) is 5.92 Å². The Bertz CT molecular complexity index is 531. The second kappa shape index (κ2) is 6.31. The first-order valence-electron chi connectivity index (χ1n) is 7.28. The zero-order valence-corrected chi connectivity index (χ0v) is 12.3. The molecule has 4 nitrogen and oxygen atoms in total. The fraction of sp³-hybridized carbons (Fsp3) is 0.471. The van der Waals surface area contributed by atoms with E-state index in [1.807, 2.05) is 0 Å². The van der Waals surface area contributed by atoms with E-state index in [1.165, 1.54) is 6.92 Å². The second-order valence-corrected chi connectivity index (χ2v) is 5.73. The topological polar surface area (TPSA) is 66.8 Å². The lowest BCUT2D eigenvalue weighted by atomic mass is 9.85. The number of carbonyl (C=O) groups excluding carboxylic acids is 1. The maximum atomic E-state index is 11.4. The van der Waals surface area contributed by atoms with E-state index in [-0.39, 0.29) is 24.1 Å². The summed E-state index contributed by atoms with van der Waals surface area (Å²) in [5.74, 6) is 0.168. The fourth-order valence-corrected chi connectivity index (χ4v) is 2.84. The molecule has 1 fully saturated rings. The van der Waals surface area contributed by atoms with Gasteiger partial charge in [0.1, 0.15) is 18.1 Å². The van der Waals surface area contributed by atoms with Gasteiger partial charge in [-0.15, -0.1) is 0 Å². The summed E-state index contributed by atoms with van der Waals surface area (Å²) in [5.41, 5.74) is -0.873. The van der Waals surface area contributed by atoms with E-state index in [1.54, 1.807) is 24.3 Å². The van der Waals surface area contributed by atoms with E-state index in [0.29, 0.717) is 11.3 Å². The van der Waals surface area contributed by atoms with Crippen LogP contribution in [0.25, 0.3) is 0 Å². The Hall–Kier alpha value is -1.81. The Kier molecular flexibility index (Phi) is 4.68. The zero-order valence-electron chi connectivity index (χ0n) is 12.3. The number of hydrogen-bond donors (Lipinski definition) is 2. The van der Waals surface area contributed by atoms with Crippen LogP contribution >= 0.6 is 0 Å². The third-order valence-electron chi connectivity index (χ3n) is 4.23. The van der Waals surface area contributed by atoms with Gasteiger partial charge in [0.15, 0.2) is 11.4 Å². The first kappa shape index (κ1) is 15.6. The number of Topliss-reactive ketones (excluding diaryl/α,β-unsaturated/α-hetero) is 1. The summed E-state index contributed by atoms with van der Waals surface area (Å²) in [5, 5.41) is 20.5. The third-order valence-corrected chi connectivity index (χ3v) is 4.23. The minimum absolute atomic E-state index is 0.0361. The second-order valence-electron chi connectivity index (χ2n) is 5.73. The van der Waals surface area contributed by atoms with Crippen LogP contribution in [0.5, 0.6) is 5.75 Å². The highest BCUT2D eigenvalue weighted by molar-refractivity contribution is 5.94. The molecule has 1 atom stereocenters. The average molecular weight is 290 g/mol. The molecule has 1 aromatic rings. The van der Waals surface area contributed by atoms with E-state index >= 15 is 0 Å². The minimum Gasteiger partial charge on any atom is -0.510 e. The molecule has 1 aliphatic rings. The molecule has 0 spiro atoms. The molecule has 0 aliphatic heterocycles. The SMILES string of the molecule is C=C(O)C(O)(COc1cccc(C(C)=O)c1)C1CCCC1. The van der Waals surface area contributed by atoms with Crippen molar-refractivity contribution in [3.8, 4) is 5.75 Å². The summed E-state index contributed by atoms with van der Waals surface area (Å²) in [6.07, 6.45) is 3.79. The van der Waals surface area contributed by atoms with E-state index in [0.717, 1.165) is 25.7 Å². The van der Waals surface area contributed by atoms with Crippen LogP contribution in [0.1, 0.15) is 43.0 Å². The van der Waals surface area contributed by atoms with Crippen molar-refractivity contribution in [1.29, 1.82) is 0 Å². The summed E-state index contributed by atoms with van der Waals surface area (Å²) in [6, 6.07) is 6.80. The summed E-state index contributed by atoms with van der Waals surface area (Å²) >= 11 is 0. The highest BCUT2D eigenvalue weighted by atomic mass is 16.5. The molecule has 0 saturated heterocycles. The maximum absolute atomic E-state index is 11.4. The molecule has 2 rings (SSSR count). The third kappa shape index (κ3) is 3.45. The van der Waals surface area contributed by atoms with E-state index in [9.17, 15) is 15.0 Å². The monoisotopic (exact) mass is 290 g/mol. The van der Waals surface area contributed by atoms with E-state index in [2.05, 4.69) is 6.58 Å². The summed E-state index contributed by atoms with van der Waals surface area (Å²) in [6.45, 7) is 4.93. The fourth-order valence-electron chi connectivity index (χ4n) is 2.84. The maximum Gasteiger partial charge on any atom is 0.159 e. The average Bonchev–Trinajstić information content (AvgIpc) is 2.99. The molecule has 1 aliphatic carbocycles. The number of ketones is 1. The highest BCUT2D eigenvalue weighted by Crippen LogP contribution is 2.37. The van der Waals surface area contributed by atoms with Gasteiger partial charge in [-0.2, -0.15) is 0 Å². The Morgan fingerprint density at radius 2 is 2.10 bits per heavy atom. The standard InChI is InChI=1S/C17H22O4/c1-12(18)14-6-5-9-16(10-14)21-11-17(20,13(2)19)15-7-3-4-8-15/h5-6,9-10,15,19-20H,2-4,7-8,11H2,1H3. The largest absolute Gasteiger partial charge is 0.510 e. The molecule has 0 heterocycles. The van der Waals surface area contributed by atoms with Gasteiger partial charge in [0, 0.05) is 5.56 Å². The van der Waals surface area contributed by atoms with Crippen LogP contribution in [-0.2, 0) is 0 Å². The Balaban J connectivity index is 2.10. The van der Waals surface area contributed by atoms with Crippen LogP contribution in [0, 0.1) is 5.92 Å². The van der Waals surface area contributed by atoms with Crippen molar-refractivity contribution >= 4 is 5.78 Å². The number of hydrogen-bond acceptors (Lipinski definition) is 4. The van der Waals surface area contributed by atoms with Crippen molar-refractivity contribution in [3.63, 3.8) is 0 Å². The van der Waals surface area contributed by atoms with Gasteiger partial charge < -0.3 is 14.9 Å². The lowest BCUT2D eigenvalue weighted by molar-refractivity contribution is -0.0489. The summed E-state index contributed by atoms with van der Waals surface area (Å²) in [7, 11) is 0. The molecular formula is C17H22O4. The predicted octanol–water partition coefficient (Wildman–Crippen LogP) is 3.26. The molecule has 0 amide bonds. The Morgan fingerprint density at radius 1 is 1.43 bits per heavy atom. The Morgan fingerprint density at radius 3 is 2.67 bits per heavy atom. The van der Waals surface area contributed by atoms with Gasteiger partial charge in [-0.25, -0.2) is 0 Å². The van der Waals surface area contributed by atoms with Crippen LogP contribution in [0.4, 0.5) is 0 Å². The number of rotatable bonds is 6. The summed E-state index contributed by atoms with van der Waals surface area (Å²) in [4.78, 5) is 11.4. The van der Waals surface area contributed by atoms with Crippen LogP contribution in [0.15, 0.2) is 36.6 Å². The molecule has 114 valence electrons. The molecule has 2 N–H and O–H groups in total. The molecule has 1 aromatic carbocycles. The van der Waals surface area contributed by atoms with Crippen molar-refractivity contribution in [2.45, 2.75) is 38.2 Å². The van der Waals surface area contributed by atoms with Crippen molar-refractivity contribution < 1.29 is 19.7 Å². The van der Waals surface area contributed by atoms with Gasteiger partial charge in [-0.1, -0.05) is 31.6 Å². The normalized spacial score (nSPS) is 18.2. The molecular weight excluding hydrogens is 268 g/mol. The van der Waals surface area contributed by atoms with Gasteiger partial charge in [-0.3, -0.25) is 4.79 Å². The predicted molar refractivity (Wildman–Crippen MR) is 80.6 cm³/mol. The molecule has 0 aromatic heterocycles. The lowest BCUT2D eigenvalue weighted by Gasteiger charge is -2.32. The molecule has 4 heteroatoms. The van der Waals surface area contributed by atoms with Gasteiger partial charge in [0.25, 0.3) is 0 Å². The number of carbonyl (C=O) groups is 1. The quantitative estimate of drug-likeness (QED) is 0.623. The van der Waals surface area contributed by atoms with Crippen molar-refractivity contribution in [1.82, 2.24) is 0 Å². The lowest BCUT2D eigenvalue weighted by Crippen LogP contribution is -2.44. The minimum atomic E-state index is -1.43. The van der Waals surface area contributed by atoms with E-state index < -0.39 is 5.60 Å². The van der Waals surface area contributed by atoms with E-state index in [4.69, 9.17) is 4.74 Å². The number of benzene rings is 1. The molecule has 1 unspecified atom stereocenters. The van der Waals surface area contributed by atoms with Crippen LogP contribution in [0.2, 0.25) is 0 Å². The van der Waals surface area contributed by atoms with Gasteiger partial charge >= 0.3 is 0 Å². The smallest absolute Gasteiger partial charge is 0.159 e. The van der Waals surface area contributed by atoms with Crippen LogP contribution in [-0.4, -0.2) is 28.2 Å². The van der Waals surface area contributed by atoms with Crippen LogP contribution < -0.4 is 4.74 Å². The van der Waals surface area contributed by atoms with Crippen LogP contribution in [0.3, 0.4) is 0 Å². The highest BCUT2D eigenvalue weighted by Gasteiger charge is 2.42. The summed E-state index contributed by atoms with van der Waals surface area (Å²) < 4.78 is 5.61. The van der Waals surface area contributed by atoms with Crippen molar-refractivity contribution in [3.05, 3.63) is 42.2 Å².